The monoisotopic (exact) mass is 214 g/mol. The first-order valence-electron chi connectivity index (χ1n) is 5.25. The molecule has 80 valence electrons. The third-order valence-corrected chi connectivity index (χ3v) is 4.47. The second-order valence-corrected chi connectivity index (χ2v) is 5.80. The Labute approximate surface area is 89.2 Å². The number of thioether (sulfide) groups is 1. The summed E-state index contributed by atoms with van der Waals surface area (Å²) in [4.78, 5) is 11.6. The molecular formula is C10H18N2OS. The van der Waals surface area contributed by atoms with Crippen LogP contribution in [0, 0.1) is 5.92 Å². The quantitative estimate of drug-likeness (QED) is 0.728. The molecule has 2 unspecified atom stereocenters. The van der Waals surface area contributed by atoms with E-state index in [0.29, 0.717) is 18.4 Å². The van der Waals surface area contributed by atoms with Gasteiger partial charge < -0.3 is 11.1 Å². The van der Waals surface area contributed by atoms with Gasteiger partial charge in [0.15, 0.2) is 0 Å². The molecule has 0 radical (unpaired) electrons. The zero-order valence-corrected chi connectivity index (χ0v) is 9.40. The normalized spacial score (nSPS) is 34.1. The van der Waals surface area contributed by atoms with Crippen LogP contribution in [-0.2, 0) is 4.79 Å². The van der Waals surface area contributed by atoms with E-state index in [2.05, 4.69) is 12.2 Å². The summed E-state index contributed by atoms with van der Waals surface area (Å²) in [5.41, 5.74) is 5.74. The molecule has 1 saturated carbocycles. The Morgan fingerprint density at radius 1 is 1.57 bits per heavy atom. The van der Waals surface area contributed by atoms with Crippen LogP contribution < -0.4 is 11.1 Å². The van der Waals surface area contributed by atoms with Crippen molar-refractivity contribution in [2.75, 3.05) is 11.5 Å². The van der Waals surface area contributed by atoms with E-state index in [1.165, 1.54) is 5.75 Å². The minimum Gasteiger partial charge on any atom is -0.352 e. The summed E-state index contributed by atoms with van der Waals surface area (Å²) in [5.74, 6) is 2.98. The molecule has 1 amide bonds. The first kappa shape index (κ1) is 10.3. The van der Waals surface area contributed by atoms with Gasteiger partial charge in [-0.15, -0.1) is 0 Å². The first-order chi connectivity index (χ1) is 6.59. The zero-order chi connectivity index (χ0) is 10.2. The van der Waals surface area contributed by atoms with Crippen LogP contribution in [0.15, 0.2) is 0 Å². The molecule has 1 heterocycles. The van der Waals surface area contributed by atoms with Gasteiger partial charge in [-0.25, -0.2) is 0 Å². The molecule has 14 heavy (non-hydrogen) atoms. The summed E-state index contributed by atoms with van der Waals surface area (Å²) in [6.45, 7) is 2.19. The van der Waals surface area contributed by atoms with Crippen LogP contribution >= 0.6 is 11.8 Å². The Bertz CT molecular complexity index is 240. The van der Waals surface area contributed by atoms with E-state index in [0.717, 1.165) is 18.6 Å². The van der Waals surface area contributed by atoms with Gasteiger partial charge in [0.05, 0.1) is 0 Å². The van der Waals surface area contributed by atoms with Crippen molar-refractivity contribution in [3.8, 4) is 0 Å². The number of hydrogen-bond acceptors (Lipinski definition) is 3. The number of nitrogens with two attached hydrogens (primary N) is 1. The molecule has 0 spiro atoms. The van der Waals surface area contributed by atoms with Gasteiger partial charge in [0.1, 0.15) is 0 Å². The van der Waals surface area contributed by atoms with Gasteiger partial charge in [-0.2, -0.15) is 11.8 Å². The van der Waals surface area contributed by atoms with Crippen LogP contribution in [0.5, 0.6) is 0 Å². The summed E-state index contributed by atoms with van der Waals surface area (Å²) < 4.78 is 0. The van der Waals surface area contributed by atoms with Gasteiger partial charge >= 0.3 is 0 Å². The summed E-state index contributed by atoms with van der Waals surface area (Å²) >= 11 is 1.92. The fraction of sp³-hybridized carbons (Fsp3) is 0.900. The number of amides is 1. The minimum atomic E-state index is -0.154. The molecule has 2 fully saturated rings. The van der Waals surface area contributed by atoms with Crippen molar-refractivity contribution in [2.45, 2.75) is 37.8 Å². The predicted molar refractivity (Wildman–Crippen MR) is 59.2 cm³/mol. The van der Waals surface area contributed by atoms with Crippen molar-refractivity contribution in [1.82, 2.24) is 5.32 Å². The summed E-state index contributed by atoms with van der Waals surface area (Å²) in [6.07, 6.45) is 2.53. The van der Waals surface area contributed by atoms with E-state index < -0.39 is 0 Å². The standard InChI is InChI=1S/C10H18N2OS/c1-7-5-14-6-8(7)12-9(13)4-10(11)2-3-10/h7-8H,2-6,11H2,1H3,(H,12,13). The molecule has 0 aromatic rings. The third-order valence-electron chi connectivity index (χ3n) is 3.12. The maximum atomic E-state index is 11.6. The smallest absolute Gasteiger partial charge is 0.222 e. The molecule has 2 rings (SSSR count). The molecule has 1 aliphatic carbocycles. The SMILES string of the molecule is CC1CSCC1NC(=O)CC1(N)CC1. The van der Waals surface area contributed by atoms with Crippen LogP contribution in [-0.4, -0.2) is 29.0 Å². The molecule has 1 saturated heterocycles. The van der Waals surface area contributed by atoms with Gasteiger partial charge in [-0.3, -0.25) is 4.79 Å². The highest BCUT2D eigenvalue weighted by atomic mass is 32.2. The number of hydrogen-bond donors (Lipinski definition) is 2. The molecule has 1 aliphatic heterocycles. The Morgan fingerprint density at radius 2 is 2.29 bits per heavy atom. The van der Waals surface area contributed by atoms with Gasteiger partial charge in [-0.05, 0) is 24.5 Å². The molecule has 0 bridgehead atoms. The lowest BCUT2D eigenvalue weighted by Crippen LogP contribution is -2.41. The maximum absolute atomic E-state index is 11.6. The highest BCUT2D eigenvalue weighted by Crippen LogP contribution is 2.35. The van der Waals surface area contributed by atoms with Crippen LogP contribution in [0.25, 0.3) is 0 Å². The van der Waals surface area contributed by atoms with Crippen molar-refractivity contribution < 1.29 is 4.79 Å². The van der Waals surface area contributed by atoms with Crippen molar-refractivity contribution in [3.05, 3.63) is 0 Å². The minimum absolute atomic E-state index is 0.143. The van der Waals surface area contributed by atoms with Crippen molar-refractivity contribution in [3.63, 3.8) is 0 Å². The largest absolute Gasteiger partial charge is 0.352 e. The fourth-order valence-electron chi connectivity index (χ4n) is 1.76. The first-order valence-corrected chi connectivity index (χ1v) is 6.40. The second kappa shape index (κ2) is 3.74. The van der Waals surface area contributed by atoms with Crippen LogP contribution in [0.2, 0.25) is 0 Å². The topological polar surface area (TPSA) is 55.1 Å². The third kappa shape index (κ3) is 2.42. The average molecular weight is 214 g/mol. The van der Waals surface area contributed by atoms with Crippen molar-refractivity contribution >= 4 is 17.7 Å². The number of carbonyl (C=O) groups is 1. The average Bonchev–Trinajstić information content (AvgIpc) is 2.67. The molecule has 3 nitrogen and oxygen atoms in total. The van der Waals surface area contributed by atoms with Gasteiger partial charge in [-0.1, -0.05) is 6.92 Å². The molecule has 2 atom stereocenters. The maximum Gasteiger partial charge on any atom is 0.222 e. The summed E-state index contributed by atoms with van der Waals surface area (Å²) in [7, 11) is 0. The van der Waals surface area contributed by atoms with Gasteiger partial charge in [0, 0.05) is 23.8 Å². The summed E-state index contributed by atoms with van der Waals surface area (Å²) in [6, 6.07) is 0.370. The number of nitrogens with one attached hydrogen (secondary N) is 1. The van der Waals surface area contributed by atoms with Crippen LogP contribution in [0.3, 0.4) is 0 Å². The Morgan fingerprint density at radius 3 is 2.79 bits per heavy atom. The fourth-order valence-corrected chi connectivity index (χ4v) is 3.17. The second-order valence-electron chi connectivity index (χ2n) is 4.73. The van der Waals surface area contributed by atoms with E-state index in [1.54, 1.807) is 0 Å². The number of carbonyl (C=O) groups excluding carboxylic acids is 1. The van der Waals surface area contributed by atoms with Crippen molar-refractivity contribution in [1.29, 1.82) is 0 Å². The van der Waals surface area contributed by atoms with E-state index in [9.17, 15) is 4.79 Å². The Kier molecular flexibility index (Phi) is 2.75. The van der Waals surface area contributed by atoms with E-state index in [-0.39, 0.29) is 11.4 Å². The van der Waals surface area contributed by atoms with Crippen LogP contribution in [0.1, 0.15) is 26.2 Å². The predicted octanol–water partition coefficient (Wildman–Crippen LogP) is 0.735. The molecule has 0 aromatic carbocycles. The number of rotatable bonds is 3. The lowest BCUT2D eigenvalue weighted by atomic mass is 10.1. The van der Waals surface area contributed by atoms with Gasteiger partial charge in [0.25, 0.3) is 0 Å². The Hall–Kier alpha value is -0.220. The molecule has 4 heteroatoms. The van der Waals surface area contributed by atoms with E-state index >= 15 is 0 Å². The van der Waals surface area contributed by atoms with Crippen molar-refractivity contribution in [2.24, 2.45) is 11.7 Å². The molecule has 2 aliphatic rings. The lowest BCUT2D eigenvalue weighted by Gasteiger charge is -2.17. The zero-order valence-electron chi connectivity index (χ0n) is 8.58. The van der Waals surface area contributed by atoms with Crippen LogP contribution in [0.4, 0.5) is 0 Å². The van der Waals surface area contributed by atoms with E-state index in [1.807, 2.05) is 11.8 Å². The molecular weight excluding hydrogens is 196 g/mol. The highest BCUT2D eigenvalue weighted by Gasteiger charge is 2.40. The van der Waals surface area contributed by atoms with Gasteiger partial charge in [0.2, 0.25) is 5.91 Å². The molecule has 3 N–H and O–H groups in total. The van der Waals surface area contributed by atoms with E-state index in [4.69, 9.17) is 5.73 Å². The summed E-state index contributed by atoms with van der Waals surface area (Å²) in [5, 5.41) is 3.09. The highest BCUT2D eigenvalue weighted by molar-refractivity contribution is 7.99. The lowest BCUT2D eigenvalue weighted by molar-refractivity contribution is -0.122. The Balaban J connectivity index is 1.76. The molecule has 0 aromatic heterocycles.